The largest absolute Gasteiger partial charge is 0.344 e. The number of rotatable bonds is 9. The van der Waals surface area contributed by atoms with Crippen molar-refractivity contribution in [1.82, 2.24) is 0 Å². The van der Waals surface area contributed by atoms with E-state index < -0.39 is 0 Å². The fraction of sp³-hybridized carbons (Fsp3) is 0.459. The first-order chi connectivity index (χ1) is 19.2. The van der Waals surface area contributed by atoms with E-state index in [2.05, 4.69) is 119 Å². The number of hydrogen-bond donors (Lipinski definition) is 1. The third-order valence-corrected chi connectivity index (χ3v) is 10.1. The van der Waals surface area contributed by atoms with Gasteiger partial charge in [0.25, 0.3) is 0 Å². The van der Waals surface area contributed by atoms with E-state index in [-0.39, 0.29) is 10.8 Å². The van der Waals surface area contributed by atoms with Gasteiger partial charge >= 0.3 is 0 Å². The van der Waals surface area contributed by atoms with Crippen LogP contribution < -0.4 is 9.80 Å². The molecule has 2 aliphatic heterocycles. The number of nitrogens with one attached hydrogen (secondary N) is 1. The minimum atomic E-state index is -0.0211. The number of hydrogen-bond acceptors (Lipinski definition) is 1. The van der Waals surface area contributed by atoms with Crippen LogP contribution in [-0.2, 0) is 10.8 Å². The van der Waals surface area contributed by atoms with E-state index in [9.17, 15) is 0 Å². The number of benzene rings is 2. The van der Waals surface area contributed by atoms with Crippen LogP contribution in [0.4, 0.5) is 11.4 Å². The molecule has 2 atom stereocenters. The van der Waals surface area contributed by atoms with Crippen molar-refractivity contribution in [1.29, 1.82) is 0 Å². The fourth-order valence-electron chi connectivity index (χ4n) is 7.21. The van der Waals surface area contributed by atoms with Crippen LogP contribution >= 0.6 is 11.6 Å². The van der Waals surface area contributed by atoms with Gasteiger partial charge in [0.05, 0.1) is 12.0 Å². The van der Waals surface area contributed by atoms with Gasteiger partial charge in [-0.25, -0.2) is 0 Å². The highest BCUT2D eigenvalue weighted by molar-refractivity contribution is 6.33. The summed E-state index contributed by atoms with van der Waals surface area (Å²) in [5.74, 6) is 0. The summed E-state index contributed by atoms with van der Waals surface area (Å²) in [5.41, 5.74) is 9.74. The van der Waals surface area contributed by atoms with Crippen molar-refractivity contribution in [3.8, 4) is 0 Å². The maximum absolute atomic E-state index is 7.09. The summed E-state index contributed by atoms with van der Waals surface area (Å²) in [7, 11) is 0. The van der Waals surface area contributed by atoms with Crippen molar-refractivity contribution in [3.63, 3.8) is 0 Å². The van der Waals surface area contributed by atoms with Crippen molar-refractivity contribution < 1.29 is 4.90 Å². The smallest absolute Gasteiger partial charge is 0.135 e. The molecule has 2 nitrogen and oxygen atoms in total. The van der Waals surface area contributed by atoms with E-state index in [1.165, 1.54) is 71.6 Å². The van der Waals surface area contributed by atoms with Gasteiger partial charge in [0.2, 0.25) is 0 Å². The molecule has 1 aliphatic carbocycles. The van der Waals surface area contributed by atoms with Gasteiger partial charge in [0, 0.05) is 33.9 Å². The molecule has 2 aromatic carbocycles. The normalized spacial score (nSPS) is 25.0. The molecule has 0 bridgehead atoms. The lowest BCUT2D eigenvalue weighted by atomic mass is 9.80. The standard InChI is InChI=1S/C37H47ClN2/c1-7-9-25-39-31-17-13-11-15-29(31)36(3,4)33(39)23-21-27-19-20-28(35(27)38)22-24-34-37(5,6)30-16-12-14-18-32(30)40(34)26-10-8-2/h11-18,21-24,33H,7-10,19-20,25-26H2,1-6H3/p+1/b23-21+,28-22+,34-24+. The van der Waals surface area contributed by atoms with Gasteiger partial charge in [-0.3, -0.25) is 4.90 Å². The van der Waals surface area contributed by atoms with E-state index in [1.54, 1.807) is 4.90 Å². The van der Waals surface area contributed by atoms with Crippen molar-refractivity contribution in [2.75, 3.05) is 18.0 Å². The van der Waals surface area contributed by atoms with Crippen molar-refractivity contribution in [2.45, 2.75) is 96.9 Å². The van der Waals surface area contributed by atoms with E-state index >= 15 is 0 Å². The van der Waals surface area contributed by atoms with Crippen molar-refractivity contribution in [2.24, 2.45) is 0 Å². The molecule has 0 aromatic heterocycles. The molecule has 0 radical (unpaired) electrons. The lowest BCUT2D eigenvalue weighted by Gasteiger charge is -2.27. The molecule has 0 amide bonds. The molecule has 0 saturated heterocycles. The average Bonchev–Trinajstić information content (AvgIpc) is 3.48. The van der Waals surface area contributed by atoms with E-state index in [0.717, 1.165) is 24.4 Å². The Morgan fingerprint density at radius 3 is 2.35 bits per heavy atom. The summed E-state index contributed by atoms with van der Waals surface area (Å²) >= 11 is 7.09. The Bertz CT molecular complexity index is 1360. The minimum absolute atomic E-state index is 0.0211. The summed E-state index contributed by atoms with van der Waals surface area (Å²) < 4.78 is 0. The zero-order chi connectivity index (χ0) is 28.5. The van der Waals surface area contributed by atoms with Gasteiger partial charge in [-0.15, -0.1) is 0 Å². The molecule has 2 unspecified atom stereocenters. The minimum Gasteiger partial charge on any atom is -0.344 e. The predicted octanol–water partition coefficient (Wildman–Crippen LogP) is 8.91. The van der Waals surface area contributed by atoms with Crippen molar-refractivity contribution in [3.05, 3.63) is 106 Å². The number of halogens is 1. The number of unbranched alkanes of at least 4 members (excludes halogenated alkanes) is 2. The van der Waals surface area contributed by atoms with Crippen molar-refractivity contribution >= 4 is 23.0 Å². The summed E-state index contributed by atoms with van der Waals surface area (Å²) in [5, 5.41) is 0.949. The Morgan fingerprint density at radius 1 is 0.900 bits per heavy atom. The summed E-state index contributed by atoms with van der Waals surface area (Å²) in [6, 6.07) is 18.4. The Hall–Kier alpha value is -2.55. The number of quaternary nitrogens is 1. The Balaban J connectivity index is 1.42. The highest BCUT2D eigenvalue weighted by atomic mass is 35.5. The molecule has 2 aromatic rings. The first kappa shape index (κ1) is 29.0. The lowest BCUT2D eigenvalue weighted by molar-refractivity contribution is -0.850. The molecule has 212 valence electrons. The third-order valence-electron chi connectivity index (χ3n) is 9.61. The molecule has 3 heteroatoms. The summed E-state index contributed by atoms with van der Waals surface area (Å²) in [6.07, 6.45) is 16.3. The highest BCUT2D eigenvalue weighted by Crippen LogP contribution is 2.48. The van der Waals surface area contributed by atoms with Crippen LogP contribution in [0, 0.1) is 0 Å². The number of nitrogens with zero attached hydrogens (tertiary/aromatic N) is 1. The summed E-state index contributed by atoms with van der Waals surface area (Å²) in [6.45, 7) is 16.3. The monoisotopic (exact) mass is 555 g/mol. The van der Waals surface area contributed by atoms with E-state index in [4.69, 9.17) is 11.6 Å². The van der Waals surface area contributed by atoms with Gasteiger partial charge < -0.3 is 4.90 Å². The first-order valence-corrected chi connectivity index (χ1v) is 15.9. The molecular formula is C37H48ClN2+. The zero-order valence-corrected chi connectivity index (χ0v) is 26.2. The summed E-state index contributed by atoms with van der Waals surface area (Å²) in [4.78, 5) is 4.14. The Labute approximate surface area is 248 Å². The molecule has 1 N–H and O–H groups in total. The van der Waals surface area contributed by atoms with Gasteiger partial charge in [0.15, 0.2) is 0 Å². The molecule has 5 rings (SSSR count). The molecule has 0 fully saturated rings. The van der Waals surface area contributed by atoms with Crippen LogP contribution in [0.25, 0.3) is 0 Å². The van der Waals surface area contributed by atoms with Crippen LogP contribution in [0.5, 0.6) is 0 Å². The van der Waals surface area contributed by atoms with Crippen LogP contribution in [0.3, 0.4) is 0 Å². The third kappa shape index (κ3) is 5.14. The Kier molecular flexibility index (Phi) is 8.50. The molecule has 0 saturated carbocycles. The molecular weight excluding hydrogens is 508 g/mol. The SMILES string of the molecule is CCCCN1/C(=C/C=C2\CCC(/C=C/C3[NH+](CCCC)c4ccccc4C3(C)C)=C2Cl)C(C)(C)c2ccccc21. The first-order valence-electron chi connectivity index (χ1n) is 15.5. The average molecular weight is 556 g/mol. The van der Waals surface area contributed by atoms with Crippen LogP contribution in [0.2, 0.25) is 0 Å². The zero-order valence-electron chi connectivity index (χ0n) is 25.5. The molecule has 0 spiro atoms. The number of fused-ring (bicyclic) bond motifs is 2. The van der Waals surface area contributed by atoms with Crippen LogP contribution in [0.1, 0.15) is 91.2 Å². The number of para-hydroxylation sites is 2. The van der Waals surface area contributed by atoms with E-state index in [1.807, 2.05) is 0 Å². The Morgan fingerprint density at radius 2 is 1.60 bits per heavy atom. The topological polar surface area (TPSA) is 7.68 Å². The van der Waals surface area contributed by atoms with Gasteiger partial charge in [0.1, 0.15) is 11.7 Å². The number of allylic oxidation sites excluding steroid dienone is 7. The highest BCUT2D eigenvalue weighted by Gasteiger charge is 2.47. The van der Waals surface area contributed by atoms with Gasteiger partial charge in [-0.2, -0.15) is 0 Å². The quantitative estimate of drug-likeness (QED) is 0.324. The van der Waals surface area contributed by atoms with Crippen LogP contribution in [-0.4, -0.2) is 19.1 Å². The maximum Gasteiger partial charge on any atom is 0.135 e. The fourth-order valence-corrected chi connectivity index (χ4v) is 7.52. The predicted molar refractivity (Wildman–Crippen MR) is 173 cm³/mol. The molecule has 3 aliphatic rings. The lowest BCUT2D eigenvalue weighted by Crippen LogP contribution is -3.10. The maximum atomic E-state index is 7.09. The molecule has 40 heavy (non-hydrogen) atoms. The number of anilines is 1. The second-order valence-electron chi connectivity index (χ2n) is 13.0. The van der Waals surface area contributed by atoms with Crippen LogP contribution in [0.15, 0.2) is 94.7 Å². The van der Waals surface area contributed by atoms with Gasteiger partial charge in [-0.1, -0.05) is 101 Å². The second-order valence-corrected chi connectivity index (χ2v) is 13.3. The van der Waals surface area contributed by atoms with E-state index in [0.29, 0.717) is 6.04 Å². The second kappa shape index (κ2) is 11.7. The van der Waals surface area contributed by atoms with Gasteiger partial charge in [-0.05, 0) is 80.5 Å². The molecule has 2 heterocycles.